The molecule has 3 nitrogen and oxygen atoms in total. The third-order valence-electron chi connectivity index (χ3n) is 4.02. The van der Waals surface area contributed by atoms with Crippen LogP contribution in [0.1, 0.15) is 51.9 Å². The Morgan fingerprint density at radius 1 is 1.23 bits per heavy atom. The molecule has 0 aliphatic heterocycles. The monoisotopic (exact) mass is 318 g/mol. The second kappa shape index (κ2) is 9.67. The topological polar surface area (TPSA) is 41.5 Å². The van der Waals surface area contributed by atoms with Gasteiger partial charge >= 0.3 is 0 Å². The van der Waals surface area contributed by atoms with Crippen molar-refractivity contribution < 1.29 is 4.79 Å². The maximum atomic E-state index is 12.2. The molecule has 1 amide bonds. The molecule has 1 fully saturated rings. The average Bonchev–Trinajstić information content (AvgIpc) is 2.55. The van der Waals surface area contributed by atoms with Crippen LogP contribution in [0.15, 0.2) is 35.3 Å². The normalized spacial score (nSPS) is 16.5. The van der Waals surface area contributed by atoms with Crippen LogP contribution in [0.4, 0.5) is 5.69 Å². The van der Waals surface area contributed by atoms with Gasteiger partial charge in [-0.25, -0.2) is 4.99 Å². The van der Waals surface area contributed by atoms with Gasteiger partial charge in [-0.05, 0) is 30.2 Å². The van der Waals surface area contributed by atoms with Crippen molar-refractivity contribution in [2.24, 2.45) is 10.9 Å². The fourth-order valence-electron chi connectivity index (χ4n) is 2.85. The number of benzene rings is 1. The van der Waals surface area contributed by atoms with E-state index in [4.69, 9.17) is 0 Å². The number of amides is 1. The van der Waals surface area contributed by atoms with Crippen molar-refractivity contribution in [3.8, 4) is 0 Å². The van der Waals surface area contributed by atoms with E-state index in [9.17, 15) is 4.79 Å². The van der Waals surface area contributed by atoms with E-state index in [1.807, 2.05) is 30.3 Å². The van der Waals surface area contributed by atoms with Gasteiger partial charge in [-0.1, -0.05) is 69.0 Å². The molecule has 22 heavy (non-hydrogen) atoms. The van der Waals surface area contributed by atoms with Crippen LogP contribution in [0.3, 0.4) is 0 Å². The summed E-state index contributed by atoms with van der Waals surface area (Å²) in [7, 11) is 0. The maximum absolute atomic E-state index is 12.2. The van der Waals surface area contributed by atoms with Crippen molar-refractivity contribution >= 4 is 28.5 Å². The zero-order valence-corrected chi connectivity index (χ0v) is 14.2. The molecular formula is C18H26N2OS. The molecular weight excluding hydrogens is 292 g/mol. The van der Waals surface area contributed by atoms with Crippen LogP contribution in [-0.4, -0.2) is 16.8 Å². The molecule has 4 heteroatoms. The first-order valence-electron chi connectivity index (χ1n) is 8.34. The summed E-state index contributed by atoms with van der Waals surface area (Å²) in [6.07, 6.45) is 8.25. The zero-order chi connectivity index (χ0) is 15.6. The third-order valence-corrected chi connectivity index (χ3v) is 4.77. The van der Waals surface area contributed by atoms with Crippen molar-refractivity contribution in [1.29, 1.82) is 0 Å². The summed E-state index contributed by atoms with van der Waals surface area (Å²) in [4.78, 5) is 16.7. The van der Waals surface area contributed by atoms with Gasteiger partial charge in [-0.15, -0.1) is 0 Å². The summed E-state index contributed by atoms with van der Waals surface area (Å²) in [6, 6.07) is 9.78. The standard InChI is InChI=1S/C18H26N2OS/c1-2-22-18(19-16-11-7-4-8-12-16)20-17(21)14-13-15-9-5-3-6-10-15/h4,7-8,11-12,15H,2-3,5-6,9-10,13-14H2,1H3,(H,19,20,21). The van der Waals surface area contributed by atoms with Gasteiger partial charge < -0.3 is 5.32 Å². The lowest BCUT2D eigenvalue weighted by atomic mass is 9.86. The van der Waals surface area contributed by atoms with E-state index < -0.39 is 0 Å². The second-order valence-corrected chi connectivity index (χ2v) is 7.03. The van der Waals surface area contributed by atoms with E-state index in [2.05, 4.69) is 17.2 Å². The summed E-state index contributed by atoms with van der Waals surface area (Å²) in [5.74, 6) is 1.74. The lowest BCUT2D eigenvalue weighted by Gasteiger charge is -2.21. The highest BCUT2D eigenvalue weighted by Gasteiger charge is 2.15. The molecule has 0 spiro atoms. The number of nitrogens with zero attached hydrogens (tertiary/aromatic N) is 1. The maximum Gasteiger partial charge on any atom is 0.225 e. The van der Waals surface area contributed by atoms with Crippen molar-refractivity contribution in [1.82, 2.24) is 5.32 Å². The Balaban J connectivity index is 1.84. The van der Waals surface area contributed by atoms with E-state index in [0.717, 1.165) is 23.8 Å². The molecule has 120 valence electrons. The van der Waals surface area contributed by atoms with Crippen LogP contribution in [0.2, 0.25) is 0 Å². The van der Waals surface area contributed by atoms with Crippen LogP contribution in [-0.2, 0) is 4.79 Å². The minimum atomic E-state index is 0.0983. The van der Waals surface area contributed by atoms with Gasteiger partial charge in [0, 0.05) is 6.42 Å². The molecule has 0 heterocycles. The number of amidine groups is 1. The van der Waals surface area contributed by atoms with Crippen molar-refractivity contribution in [3.05, 3.63) is 30.3 Å². The molecule has 0 aromatic heterocycles. The number of carbonyl (C=O) groups excluding carboxylic acids is 1. The minimum absolute atomic E-state index is 0.0983. The molecule has 0 unspecified atom stereocenters. The summed E-state index contributed by atoms with van der Waals surface area (Å²) >= 11 is 1.58. The van der Waals surface area contributed by atoms with Gasteiger partial charge in [0.2, 0.25) is 5.91 Å². The van der Waals surface area contributed by atoms with E-state index in [-0.39, 0.29) is 5.91 Å². The fraction of sp³-hybridized carbons (Fsp3) is 0.556. The molecule has 0 radical (unpaired) electrons. The molecule has 0 saturated heterocycles. The quantitative estimate of drug-likeness (QED) is 0.619. The van der Waals surface area contributed by atoms with Crippen molar-refractivity contribution in [2.45, 2.75) is 51.9 Å². The van der Waals surface area contributed by atoms with Crippen LogP contribution >= 0.6 is 11.8 Å². The summed E-state index contributed by atoms with van der Waals surface area (Å²) in [6.45, 7) is 2.07. The van der Waals surface area contributed by atoms with Crippen LogP contribution in [0.5, 0.6) is 0 Å². The molecule has 0 bridgehead atoms. The highest BCUT2D eigenvalue weighted by molar-refractivity contribution is 8.13. The number of thioether (sulfide) groups is 1. The van der Waals surface area contributed by atoms with Gasteiger partial charge in [0.1, 0.15) is 0 Å². The molecule has 1 aromatic rings. The van der Waals surface area contributed by atoms with Gasteiger partial charge in [0.25, 0.3) is 0 Å². The Morgan fingerprint density at radius 3 is 2.64 bits per heavy atom. The average molecular weight is 318 g/mol. The summed E-state index contributed by atoms with van der Waals surface area (Å²) in [5, 5.41) is 3.69. The van der Waals surface area contributed by atoms with E-state index in [1.165, 1.54) is 32.1 Å². The number of hydrogen-bond acceptors (Lipinski definition) is 3. The first kappa shape index (κ1) is 17.1. The van der Waals surface area contributed by atoms with Gasteiger partial charge in [-0.2, -0.15) is 0 Å². The number of nitrogens with one attached hydrogen (secondary N) is 1. The Hall–Kier alpha value is -1.29. The Labute approximate surface area is 138 Å². The number of hydrogen-bond donors (Lipinski definition) is 1. The Kier molecular flexibility index (Phi) is 7.50. The lowest BCUT2D eigenvalue weighted by Crippen LogP contribution is -2.28. The number of para-hydroxylation sites is 1. The zero-order valence-electron chi connectivity index (χ0n) is 13.4. The third kappa shape index (κ3) is 6.22. The molecule has 1 aliphatic rings. The van der Waals surface area contributed by atoms with Gasteiger partial charge in [0.15, 0.2) is 5.17 Å². The van der Waals surface area contributed by atoms with E-state index >= 15 is 0 Å². The highest BCUT2D eigenvalue weighted by Crippen LogP contribution is 2.27. The largest absolute Gasteiger partial charge is 0.305 e. The van der Waals surface area contributed by atoms with Crippen LogP contribution in [0, 0.1) is 5.92 Å². The van der Waals surface area contributed by atoms with Crippen molar-refractivity contribution in [2.75, 3.05) is 5.75 Å². The molecule has 1 aromatic carbocycles. The predicted octanol–water partition coefficient (Wildman–Crippen LogP) is 4.90. The number of rotatable bonds is 5. The molecule has 1 aliphatic carbocycles. The summed E-state index contributed by atoms with van der Waals surface area (Å²) in [5.41, 5.74) is 0.881. The lowest BCUT2D eigenvalue weighted by molar-refractivity contribution is -0.120. The molecule has 1 N–H and O–H groups in total. The smallest absolute Gasteiger partial charge is 0.225 e. The van der Waals surface area contributed by atoms with Crippen molar-refractivity contribution in [3.63, 3.8) is 0 Å². The second-order valence-electron chi connectivity index (χ2n) is 5.78. The minimum Gasteiger partial charge on any atom is -0.305 e. The number of carbonyl (C=O) groups is 1. The number of aliphatic imine (C=N–C) groups is 1. The van der Waals surface area contributed by atoms with Gasteiger partial charge in [0.05, 0.1) is 5.69 Å². The first-order valence-corrected chi connectivity index (χ1v) is 9.33. The molecule has 0 atom stereocenters. The fourth-order valence-corrected chi connectivity index (χ4v) is 3.48. The summed E-state index contributed by atoms with van der Waals surface area (Å²) < 4.78 is 0. The SMILES string of the molecule is CCSC(=Nc1ccccc1)NC(=O)CCC1CCCCC1. The molecule has 2 rings (SSSR count). The Bertz CT molecular complexity index is 481. The predicted molar refractivity (Wildman–Crippen MR) is 95.6 cm³/mol. The first-order chi connectivity index (χ1) is 10.8. The van der Waals surface area contributed by atoms with Gasteiger partial charge in [-0.3, -0.25) is 4.79 Å². The van der Waals surface area contributed by atoms with Crippen LogP contribution in [0.25, 0.3) is 0 Å². The highest BCUT2D eigenvalue weighted by atomic mass is 32.2. The van der Waals surface area contributed by atoms with E-state index in [1.54, 1.807) is 11.8 Å². The molecule has 1 saturated carbocycles. The van der Waals surface area contributed by atoms with E-state index in [0.29, 0.717) is 11.6 Å². The van der Waals surface area contributed by atoms with Crippen LogP contribution < -0.4 is 5.32 Å². The Morgan fingerprint density at radius 2 is 1.95 bits per heavy atom.